The van der Waals surface area contributed by atoms with E-state index in [1.54, 1.807) is 18.5 Å². The molecule has 0 amide bonds. The molecule has 0 aliphatic heterocycles. The average molecular weight is 156 g/mol. The first-order valence-electron chi connectivity index (χ1n) is 3.50. The highest BCUT2D eigenvalue weighted by Crippen LogP contribution is 2.15. The zero-order valence-electron chi connectivity index (χ0n) is 6.69. The van der Waals surface area contributed by atoms with Gasteiger partial charge < -0.3 is 9.84 Å². The Morgan fingerprint density at radius 1 is 1.73 bits per heavy atom. The molecule has 4 nitrogen and oxygen atoms in total. The number of aromatic nitrogens is 2. The second-order valence-corrected chi connectivity index (χ2v) is 2.25. The molecule has 0 saturated carbocycles. The van der Waals surface area contributed by atoms with E-state index in [0.29, 0.717) is 6.42 Å². The Labute approximate surface area is 65.4 Å². The molecule has 0 aromatic carbocycles. The SMILES string of the molecule is CCC(O)(OC)n1cccn1. The molecule has 62 valence electrons. The lowest BCUT2D eigenvalue weighted by molar-refractivity contribution is -0.257. The third-order valence-electron chi connectivity index (χ3n) is 1.65. The summed E-state index contributed by atoms with van der Waals surface area (Å²) in [6.07, 6.45) is 3.72. The summed E-state index contributed by atoms with van der Waals surface area (Å²) in [6, 6.07) is 1.74. The van der Waals surface area contributed by atoms with Crippen molar-refractivity contribution < 1.29 is 9.84 Å². The first-order chi connectivity index (χ1) is 5.23. The van der Waals surface area contributed by atoms with Crippen molar-refractivity contribution in [2.24, 2.45) is 0 Å². The predicted molar refractivity (Wildman–Crippen MR) is 39.7 cm³/mol. The van der Waals surface area contributed by atoms with Crippen LogP contribution in [-0.4, -0.2) is 22.0 Å². The molecule has 0 aliphatic carbocycles. The van der Waals surface area contributed by atoms with Crippen molar-refractivity contribution >= 4 is 0 Å². The molecule has 11 heavy (non-hydrogen) atoms. The molecular formula is C7H12N2O2. The molecular weight excluding hydrogens is 144 g/mol. The molecule has 0 saturated heterocycles. The van der Waals surface area contributed by atoms with Crippen LogP contribution < -0.4 is 0 Å². The summed E-state index contributed by atoms with van der Waals surface area (Å²) in [4.78, 5) is 0. The largest absolute Gasteiger partial charge is 0.347 e. The van der Waals surface area contributed by atoms with E-state index in [-0.39, 0.29) is 0 Å². The van der Waals surface area contributed by atoms with Gasteiger partial charge in [0.1, 0.15) is 0 Å². The quantitative estimate of drug-likeness (QED) is 0.650. The van der Waals surface area contributed by atoms with Crippen molar-refractivity contribution in [3.8, 4) is 0 Å². The average Bonchev–Trinajstić information content (AvgIpc) is 2.55. The van der Waals surface area contributed by atoms with Crippen molar-refractivity contribution in [1.29, 1.82) is 0 Å². The molecule has 0 radical (unpaired) electrons. The van der Waals surface area contributed by atoms with Gasteiger partial charge in [-0.3, -0.25) is 0 Å². The summed E-state index contributed by atoms with van der Waals surface area (Å²) in [7, 11) is 1.45. The molecule has 1 heterocycles. The van der Waals surface area contributed by atoms with E-state index in [4.69, 9.17) is 4.74 Å². The summed E-state index contributed by atoms with van der Waals surface area (Å²) in [5.41, 5.74) is 0. The highest BCUT2D eigenvalue weighted by atomic mass is 16.6. The summed E-state index contributed by atoms with van der Waals surface area (Å²) >= 11 is 0. The number of nitrogens with zero attached hydrogens (tertiary/aromatic N) is 2. The summed E-state index contributed by atoms with van der Waals surface area (Å²) < 4.78 is 6.27. The third kappa shape index (κ3) is 1.41. The first-order valence-corrected chi connectivity index (χ1v) is 3.50. The second kappa shape index (κ2) is 3.02. The lowest BCUT2D eigenvalue weighted by Gasteiger charge is -2.24. The van der Waals surface area contributed by atoms with Crippen LogP contribution in [-0.2, 0) is 10.6 Å². The van der Waals surface area contributed by atoms with E-state index < -0.39 is 5.91 Å². The zero-order chi connectivity index (χ0) is 8.32. The van der Waals surface area contributed by atoms with Gasteiger partial charge in [-0.15, -0.1) is 0 Å². The molecule has 1 aromatic heterocycles. The highest BCUT2D eigenvalue weighted by molar-refractivity contribution is 4.80. The maximum absolute atomic E-state index is 9.67. The topological polar surface area (TPSA) is 47.3 Å². The minimum atomic E-state index is -1.29. The smallest absolute Gasteiger partial charge is 0.267 e. The molecule has 0 fully saturated rings. The van der Waals surface area contributed by atoms with Crippen LogP contribution in [0.5, 0.6) is 0 Å². The number of ether oxygens (including phenoxy) is 1. The van der Waals surface area contributed by atoms with Gasteiger partial charge in [0.15, 0.2) is 0 Å². The molecule has 1 rings (SSSR count). The van der Waals surface area contributed by atoms with Crippen molar-refractivity contribution in [3.05, 3.63) is 18.5 Å². The standard InChI is InChI=1S/C7H12N2O2/c1-3-7(10,11-2)9-6-4-5-8-9/h4-6,10H,3H2,1-2H3. The predicted octanol–water partition coefficient (Wildman–Crippen LogP) is 0.542. The monoisotopic (exact) mass is 156 g/mol. The fourth-order valence-electron chi connectivity index (χ4n) is 0.875. The molecule has 4 heteroatoms. The van der Waals surface area contributed by atoms with Crippen molar-refractivity contribution in [2.45, 2.75) is 19.3 Å². The number of hydrogen-bond donors (Lipinski definition) is 1. The van der Waals surface area contributed by atoms with Crippen molar-refractivity contribution in [3.63, 3.8) is 0 Å². The molecule has 1 aromatic rings. The fourth-order valence-corrected chi connectivity index (χ4v) is 0.875. The number of methoxy groups -OCH3 is 1. The maximum atomic E-state index is 9.67. The maximum Gasteiger partial charge on any atom is 0.267 e. The van der Waals surface area contributed by atoms with E-state index in [2.05, 4.69) is 5.10 Å². The van der Waals surface area contributed by atoms with Gasteiger partial charge in [-0.2, -0.15) is 5.10 Å². The van der Waals surface area contributed by atoms with Gasteiger partial charge in [-0.05, 0) is 6.07 Å². The highest BCUT2D eigenvalue weighted by Gasteiger charge is 2.26. The van der Waals surface area contributed by atoms with Crippen LogP contribution in [0.2, 0.25) is 0 Å². The molecule has 1 atom stereocenters. The first kappa shape index (κ1) is 8.23. The van der Waals surface area contributed by atoms with Gasteiger partial charge in [0.25, 0.3) is 5.91 Å². The zero-order valence-corrected chi connectivity index (χ0v) is 6.69. The van der Waals surface area contributed by atoms with E-state index >= 15 is 0 Å². The summed E-state index contributed by atoms with van der Waals surface area (Å²) in [5, 5.41) is 13.5. The van der Waals surface area contributed by atoms with Crippen LogP contribution >= 0.6 is 0 Å². The minimum Gasteiger partial charge on any atom is -0.347 e. The summed E-state index contributed by atoms with van der Waals surface area (Å²) in [5.74, 6) is -1.29. The van der Waals surface area contributed by atoms with Gasteiger partial charge in [0.2, 0.25) is 0 Å². The fraction of sp³-hybridized carbons (Fsp3) is 0.571. The van der Waals surface area contributed by atoms with Crippen LogP contribution in [0.15, 0.2) is 18.5 Å². The Morgan fingerprint density at radius 3 is 2.82 bits per heavy atom. The molecule has 0 spiro atoms. The minimum absolute atomic E-state index is 0.463. The lowest BCUT2D eigenvalue weighted by atomic mass is 10.4. The Balaban J connectivity index is 2.87. The molecule has 0 bridgehead atoms. The van der Waals surface area contributed by atoms with Gasteiger partial charge in [-0.1, -0.05) is 6.92 Å². The van der Waals surface area contributed by atoms with Crippen LogP contribution in [0, 0.1) is 0 Å². The number of rotatable bonds is 3. The third-order valence-corrected chi connectivity index (χ3v) is 1.65. The normalized spacial score (nSPS) is 16.3. The Bertz CT molecular complexity index is 204. The number of aliphatic hydroxyl groups is 1. The van der Waals surface area contributed by atoms with Crippen LogP contribution in [0.3, 0.4) is 0 Å². The van der Waals surface area contributed by atoms with Crippen LogP contribution in [0.25, 0.3) is 0 Å². The lowest BCUT2D eigenvalue weighted by Crippen LogP contribution is -2.34. The molecule has 1 N–H and O–H groups in total. The van der Waals surface area contributed by atoms with Gasteiger partial charge in [0, 0.05) is 25.9 Å². The second-order valence-electron chi connectivity index (χ2n) is 2.25. The Hall–Kier alpha value is -0.870. The molecule has 0 aliphatic rings. The van der Waals surface area contributed by atoms with Gasteiger partial charge in [-0.25, -0.2) is 4.68 Å². The van der Waals surface area contributed by atoms with Crippen LogP contribution in [0.1, 0.15) is 13.3 Å². The van der Waals surface area contributed by atoms with Gasteiger partial charge >= 0.3 is 0 Å². The van der Waals surface area contributed by atoms with E-state index in [1.807, 2.05) is 6.92 Å². The number of hydrogen-bond acceptors (Lipinski definition) is 3. The van der Waals surface area contributed by atoms with E-state index in [0.717, 1.165) is 0 Å². The Morgan fingerprint density at radius 2 is 2.45 bits per heavy atom. The van der Waals surface area contributed by atoms with Crippen LogP contribution in [0.4, 0.5) is 0 Å². The Kier molecular flexibility index (Phi) is 2.26. The van der Waals surface area contributed by atoms with Crippen molar-refractivity contribution in [2.75, 3.05) is 7.11 Å². The van der Waals surface area contributed by atoms with Crippen molar-refractivity contribution in [1.82, 2.24) is 9.78 Å². The van der Waals surface area contributed by atoms with Gasteiger partial charge in [0.05, 0.1) is 0 Å². The van der Waals surface area contributed by atoms with E-state index in [9.17, 15) is 5.11 Å². The summed E-state index contributed by atoms with van der Waals surface area (Å²) in [6.45, 7) is 1.82. The van der Waals surface area contributed by atoms with E-state index in [1.165, 1.54) is 11.8 Å². The molecule has 1 unspecified atom stereocenters.